The average molecular weight is 608 g/mol. The molecule has 9 heteroatoms. The van der Waals surface area contributed by atoms with Gasteiger partial charge in [-0.05, 0) is 76.1 Å². The first kappa shape index (κ1) is 30.8. The predicted molar refractivity (Wildman–Crippen MR) is 180 cm³/mol. The van der Waals surface area contributed by atoms with E-state index in [1.807, 2.05) is 0 Å². The van der Waals surface area contributed by atoms with E-state index in [2.05, 4.69) is 90.3 Å². The Labute approximate surface area is 267 Å². The number of aryl methyl sites for hydroxylation is 1. The first-order valence-electron chi connectivity index (χ1n) is 16.3. The van der Waals surface area contributed by atoms with Crippen LogP contribution in [0.5, 0.6) is 6.01 Å². The van der Waals surface area contributed by atoms with Gasteiger partial charge in [-0.3, -0.25) is 9.69 Å². The van der Waals surface area contributed by atoms with Crippen molar-refractivity contribution in [3.8, 4) is 6.01 Å². The highest BCUT2D eigenvalue weighted by atomic mass is 16.5. The molecule has 3 atom stereocenters. The standard InChI is InChI=1S/C36H45N7O2/c1-7-33(44)43-19-18-42(21-29(43)20-37-5)35-30-16-17-41(32-13-9-12-28-11-8-10-24(2)34(28)32)22-31(30)38-36(39-35)45-23-25(3)40(6)26(4)27-14-15-27/h7-13,25-27,29H,1,14-23H2,2-4,6H3/t25-,26-,29-/m0/s1. The average Bonchev–Trinajstić information content (AvgIpc) is 3.91. The lowest BCUT2D eigenvalue weighted by Gasteiger charge is -2.41. The van der Waals surface area contributed by atoms with Gasteiger partial charge in [0.1, 0.15) is 18.5 Å². The molecule has 9 nitrogen and oxygen atoms in total. The van der Waals surface area contributed by atoms with E-state index in [0.29, 0.717) is 44.8 Å². The summed E-state index contributed by atoms with van der Waals surface area (Å²) in [6, 6.07) is 13.9. The maximum Gasteiger partial charge on any atom is 0.318 e. The number of hydrogen-bond donors (Lipinski definition) is 0. The highest BCUT2D eigenvalue weighted by Crippen LogP contribution is 2.37. The number of anilines is 2. The zero-order valence-electron chi connectivity index (χ0n) is 27.1. The molecule has 0 spiro atoms. The Kier molecular flexibility index (Phi) is 8.95. The summed E-state index contributed by atoms with van der Waals surface area (Å²) in [5, 5.41) is 2.52. The van der Waals surface area contributed by atoms with Crippen LogP contribution in [-0.4, -0.2) is 90.2 Å². The summed E-state index contributed by atoms with van der Waals surface area (Å²) in [6.07, 6.45) is 4.76. The quantitative estimate of drug-likeness (QED) is 0.234. The van der Waals surface area contributed by atoms with Crippen LogP contribution in [0.4, 0.5) is 11.5 Å². The maximum absolute atomic E-state index is 12.6. The molecule has 2 fully saturated rings. The van der Waals surface area contributed by atoms with Gasteiger partial charge in [0.25, 0.3) is 0 Å². The van der Waals surface area contributed by atoms with Crippen LogP contribution in [-0.2, 0) is 17.8 Å². The van der Waals surface area contributed by atoms with E-state index < -0.39 is 0 Å². The fourth-order valence-corrected chi connectivity index (χ4v) is 7.03. The van der Waals surface area contributed by atoms with Gasteiger partial charge < -0.3 is 24.3 Å². The first-order valence-corrected chi connectivity index (χ1v) is 16.3. The van der Waals surface area contributed by atoms with Gasteiger partial charge in [0.15, 0.2) is 0 Å². The van der Waals surface area contributed by atoms with Crippen molar-refractivity contribution in [1.82, 2.24) is 19.8 Å². The van der Waals surface area contributed by atoms with Crippen molar-refractivity contribution < 1.29 is 9.53 Å². The Balaban J connectivity index is 1.31. The second kappa shape index (κ2) is 13.1. The van der Waals surface area contributed by atoms with Gasteiger partial charge in [0, 0.05) is 54.9 Å². The molecule has 2 aromatic carbocycles. The molecule has 3 aliphatic rings. The molecule has 2 aliphatic heterocycles. The zero-order valence-corrected chi connectivity index (χ0v) is 27.1. The molecule has 6 rings (SSSR count). The van der Waals surface area contributed by atoms with E-state index in [1.165, 1.54) is 40.9 Å². The number of hydrogen-bond acceptors (Lipinski definition) is 7. The lowest BCUT2D eigenvalue weighted by molar-refractivity contribution is -0.128. The summed E-state index contributed by atoms with van der Waals surface area (Å²) in [7, 11) is 2.18. The van der Waals surface area contributed by atoms with Gasteiger partial charge >= 0.3 is 6.01 Å². The van der Waals surface area contributed by atoms with Crippen LogP contribution in [0.25, 0.3) is 15.6 Å². The summed E-state index contributed by atoms with van der Waals surface area (Å²) in [6.45, 7) is 21.8. The number of amides is 1. The van der Waals surface area contributed by atoms with Gasteiger partial charge in [-0.1, -0.05) is 36.9 Å². The van der Waals surface area contributed by atoms with Crippen LogP contribution < -0.4 is 14.5 Å². The van der Waals surface area contributed by atoms with E-state index in [0.717, 1.165) is 36.0 Å². The maximum atomic E-state index is 12.6. The fourth-order valence-electron chi connectivity index (χ4n) is 7.03. The number of carbonyl (C=O) groups excluding carboxylic acids is 1. The number of rotatable bonds is 10. The Hall–Kier alpha value is -4.16. The van der Waals surface area contributed by atoms with Crippen LogP contribution >= 0.6 is 0 Å². The van der Waals surface area contributed by atoms with E-state index in [9.17, 15) is 4.79 Å². The molecule has 0 N–H and O–H groups in total. The smallest absolute Gasteiger partial charge is 0.318 e. The summed E-state index contributed by atoms with van der Waals surface area (Å²) in [5.41, 5.74) is 4.59. The van der Waals surface area contributed by atoms with Crippen LogP contribution in [0.3, 0.4) is 0 Å². The highest BCUT2D eigenvalue weighted by Gasteiger charge is 2.35. The number of ether oxygens (including phenoxy) is 1. The van der Waals surface area contributed by atoms with E-state index in [1.54, 1.807) is 4.90 Å². The largest absolute Gasteiger partial charge is 0.462 e. The van der Waals surface area contributed by atoms with E-state index in [-0.39, 0.29) is 24.5 Å². The van der Waals surface area contributed by atoms with Crippen molar-refractivity contribution in [2.45, 2.75) is 64.7 Å². The second-order valence-corrected chi connectivity index (χ2v) is 13.0. The number of fused-ring (bicyclic) bond motifs is 2. The van der Waals surface area contributed by atoms with Crippen molar-refractivity contribution in [2.24, 2.45) is 5.92 Å². The zero-order chi connectivity index (χ0) is 31.7. The summed E-state index contributed by atoms with van der Waals surface area (Å²) in [4.78, 5) is 35.2. The molecular weight excluding hydrogens is 562 g/mol. The van der Waals surface area contributed by atoms with Gasteiger partial charge in [-0.25, -0.2) is 6.57 Å². The number of benzene rings is 2. The molecule has 0 radical (unpaired) electrons. The Morgan fingerprint density at radius 3 is 2.67 bits per heavy atom. The number of nitrogens with zero attached hydrogens (tertiary/aromatic N) is 7. The Bertz CT molecular complexity index is 1610. The molecular formula is C36H45N7O2. The fraction of sp³-hybridized carbons (Fsp3) is 0.500. The lowest BCUT2D eigenvalue weighted by atomic mass is 9.99. The van der Waals surface area contributed by atoms with Gasteiger partial charge in [0.05, 0.1) is 12.2 Å². The minimum absolute atomic E-state index is 0.128. The summed E-state index contributed by atoms with van der Waals surface area (Å²) >= 11 is 0. The van der Waals surface area contributed by atoms with Gasteiger partial charge in [-0.15, -0.1) is 0 Å². The molecule has 1 amide bonds. The molecule has 1 aromatic heterocycles. The SMILES string of the molecule is [C-]#[N+]C[C@H]1CN(c2nc(OC[C@H](C)N(C)[C@@H](C)C3CC3)nc3c2CCN(c2cccc4cccc(C)c24)C3)CCN1C(=O)C=C. The molecule has 1 saturated heterocycles. The van der Waals surface area contributed by atoms with Crippen molar-refractivity contribution in [1.29, 1.82) is 0 Å². The topological polar surface area (TPSA) is 69.4 Å². The highest BCUT2D eigenvalue weighted by molar-refractivity contribution is 5.97. The molecule has 3 aromatic rings. The molecule has 0 bridgehead atoms. The third-order valence-corrected chi connectivity index (χ3v) is 10.1. The van der Waals surface area contributed by atoms with Crippen LogP contribution in [0.2, 0.25) is 0 Å². The molecule has 1 saturated carbocycles. The number of carbonyl (C=O) groups is 1. The van der Waals surface area contributed by atoms with Gasteiger partial charge in [0.2, 0.25) is 12.5 Å². The van der Waals surface area contributed by atoms with E-state index in [4.69, 9.17) is 21.3 Å². The Morgan fingerprint density at radius 2 is 1.93 bits per heavy atom. The predicted octanol–water partition coefficient (Wildman–Crippen LogP) is 5.12. The summed E-state index contributed by atoms with van der Waals surface area (Å²) in [5.74, 6) is 1.52. The monoisotopic (exact) mass is 607 g/mol. The van der Waals surface area contributed by atoms with Crippen molar-refractivity contribution in [3.63, 3.8) is 0 Å². The second-order valence-electron chi connectivity index (χ2n) is 13.0. The van der Waals surface area contributed by atoms with Crippen LogP contribution in [0, 0.1) is 19.4 Å². The minimum Gasteiger partial charge on any atom is -0.462 e. The van der Waals surface area contributed by atoms with E-state index >= 15 is 0 Å². The molecule has 1 aliphatic carbocycles. The first-order chi connectivity index (χ1) is 21.8. The third-order valence-electron chi connectivity index (χ3n) is 10.1. The number of likely N-dealkylation sites (N-methyl/N-ethyl adjacent to an activating group) is 1. The molecule has 236 valence electrons. The summed E-state index contributed by atoms with van der Waals surface area (Å²) < 4.78 is 6.38. The Morgan fingerprint density at radius 1 is 1.16 bits per heavy atom. The van der Waals surface area contributed by atoms with Crippen molar-refractivity contribution >= 4 is 28.2 Å². The van der Waals surface area contributed by atoms with Crippen LogP contribution in [0.1, 0.15) is 43.5 Å². The molecule has 45 heavy (non-hydrogen) atoms. The third kappa shape index (κ3) is 6.34. The number of aromatic nitrogens is 2. The minimum atomic E-state index is -0.229. The normalized spacial score (nSPS) is 19.6. The van der Waals surface area contributed by atoms with Gasteiger partial charge in [-0.2, -0.15) is 9.97 Å². The lowest BCUT2D eigenvalue weighted by Crippen LogP contribution is -2.56. The van der Waals surface area contributed by atoms with Crippen LogP contribution in [0.15, 0.2) is 49.1 Å². The number of piperazine rings is 1. The molecule has 3 heterocycles. The van der Waals surface area contributed by atoms with Crippen molar-refractivity contribution in [2.75, 3.05) is 56.2 Å². The van der Waals surface area contributed by atoms with Crippen molar-refractivity contribution in [3.05, 3.63) is 77.3 Å². The molecule has 0 unspecified atom stereocenters.